The van der Waals surface area contributed by atoms with Gasteiger partial charge in [-0.15, -0.1) is 0 Å². The van der Waals surface area contributed by atoms with Crippen LogP contribution in [0.2, 0.25) is 0 Å². The van der Waals surface area contributed by atoms with Crippen LogP contribution < -0.4 is 5.32 Å². The summed E-state index contributed by atoms with van der Waals surface area (Å²) in [6.07, 6.45) is 1.51. The number of benzene rings is 3. The van der Waals surface area contributed by atoms with E-state index in [4.69, 9.17) is 0 Å². The van der Waals surface area contributed by atoms with Crippen LogP contribution in [0.4, 0.5) is 10.1 Å². The molecule has 7 heteroatoms. The van der Waals surface area contributed by atoms with Crippen molar-refractivity contribution in [2.45, 2.75) is 31.0 Å². The lowest BCUT2D eigenvalue weighted by Crippen LogP contribution is -2.18. The van der Waals surface area contributed by atoms with Crippen molar-refractivity contribution in [2.24, 2.45) is 0 Å². The second kappa shape index (κ2) is 8.59. The first-order valence-electron chi connectivity index (χ1n) is 10.1. The van der Waals surface area contributed by atoms with Gasteiger partial charge in [-0.1, -0.05) is 54.1 Å². The number of aryl methyl sites for hydroxylation is 2. The maximum atomic E-state index is 13.8. The Morgan fingerprint density at radius 2 is 1.78 bits per heavy atom. The summed E-state index contributed by atoms with van der Waals surface area (Å²) in [5.41, 5.74) is 3.18. The summed E-state index contributed by atoms with van der Waals surface area (Å²) in [7, 11) is -3.64. The Morgan fingerprint density at radius 3 is 2.53 bits per heavy atom. The molecule has 5 nitrogen and oxygen atoms in total. The van der Waals surface area contributed by atoms with Crippen LogP contribution in [-0.2, 0) is 26.9 Å². The van der Waals surface area contributed by atoms with Gasteiger partial charge in [0.05, 0.1) is 10.6 Å². The molecule has 0 bridgehead atoms. The number of hydrogen-bond donors (Lipinski definition) is 1. The summed E-state index contributed by atoms with van der Waals surface area (Å²) in [4.78, 5) is 12.8. The molecule has 0 spiro atoms. The third-order valence-corrected chi connectivity index (χ3v) is 7.00. The second-order valence-corrected chi connectivity index (χ2v) is 9.86. The van der Waals surface area contributed by atoms with Gasteiger partial charge in [0.15, 0.2) is 9.84 Å². The quantitative estimate of drug-likeness (QED) is 0.449. The molecule has 0 saturated carbocycles. The second-order valence-electron chi connectivity index (χ2n) is 7.90. The largest absolute Gasteiger partial charge is 0.337 e. The number of sulfone groups is 1. The average Bonchev–Trinajstić information content (AvgIpc) is 3.10. The summed E-state index contributed by atoms with van der Waals surface area (Å²) >= 11 is 0. The molecular weight excluding hydrogens is 427 g/mol. The lowest BCUT2D eigenvalue weighted by molar-refractivity contribution is -0.116. The summed E-state index contributed by atoms with van der Waals surface area (Å²) in [5.74, 6) is -0.910. The summed E-state index contributed by atoms with van der Waals surface area (Å²) < 4.78 is 41.9. The Hall–Kier alpha value is -3.45. The summed E-state index contributed by atoms with van der Waals surface area (Å²) in [5, 5.41) is 3.23. The standard InChI is InChI=1S/C25H23FN2O3S/c1-17-6-5-7-19(12-17)16-32(30,31)24-14-28(23-9-4-3-8-21(23)24)15-25(29)27-20-11-10-18(2)22(26)13-20/h3-14H,15-16H2,1-2H3,(H,27,29). The van der Waals surface area contributed by atoms with E-state index in [2.05, 4.69) is 5.32 Å². The van der Waals surface area contributed by atoms with Gasteiger partial charge in [0.1, 0.15) is 12.4 Å². The summed E-state index contributed by atoms with van der Waals surface area (Å²) in [6, 6.07) is 19.0. The molecule has 1 amide bonds. The highest BCUT2D eigenvalue weighted by atomic mass is 32.2. The molecule has 1 N–H and O–H groups in total. The number of amides is 1. The molecule has 0 unspecified atom stereocenters. The minimum Gasteiger partial charge on any atom is -0.337 e. The van der Waals surface area contributed by atoms with Crippen LogP contribution in [0, 0.1) is 19.7 Å². The van der Waals surface area contributed by atoms with Crippen LogP contribution in [0.15, 0.2) is 77.8 Å². The van der Waals surface area contributed by atoms with Crippen molar-refractivity contribution in [3.63, 3.8) is 0 Å². The van der Waals surface area contributed by atoms with E-state index in [1.807, 2.05) is 25.1 Å². The number of fused-ring (bicyclic) bond motifs is 1. The zero-order valence-electron chi connectivity index (χ0n) is 17.8. The maximum Gasteiger partial charge on any atom is 0.244 e. The minimum absolute atomic E-state index is 0.101. The number of carbonyl (C=O) groups excluding carboxylic acids is 1. The van der Waals surface area contributed by atoms with Gasteiger partial charge in [0.2, 0.25) is 5.91 Å². The SMILES string of the molecule is Cc1cccc(CS(=O)(=O)c2cn(CC(=O)Nc3ccc(C)c(F)c3)c3ccccc23)c1. The van der Waals surface area contributed by atoms with Crippen LogP contribution in [0.25, 0.3) is 10.9 Å². The molecule has 3 aromatic carbocycles. The first-order chi connectivity index (χ1) is 15.2. The van der Waals surface area contributed by atoms with E-state index in [0.717, 1.165) is 5.56 Å². The normalized spacial score (nSPS) is 11.6. The van der Waals surface area contributed by atoms with Crippen LogP contribution in [0.1, 0.15) is 16.7 Å². The van der Waals surface area contributed by atoms with E-state index in [9.17, 15) is 17.6 Å². The molecule has 0 aliphatic rings. The van der Waals surface area contributed by atoms with E-state index >= 15 is 0 Å². The number of carbonyl (C=O) groups is 1. The maximum absolute atomic E-state index is 13.8. The molecular formula is C25H23FN2O3S. The summed E-state index contributed by atoms with van der Waals surface area (Å²) in [6.45, 7) is 3.46. The fourth-order valence-electron chi connectivity index (χ4n) is 3.72. The van der Waals surface area contributed by atoms with Crippen molar-refractivity contribution in [2.75, 3.05) is 5.32 Å². The number of para-hydroxylation sites is 1. The van der Waals surface area contributed by atoms with Gasteiger partial charge in [-0.2, -0.15) is 0 Å². The molecule has 32 heavy (non-hydrogen) atoms. The fraction of sp³-hybridized carbons (Fsp3) is 0.160. The molecule has 4 rings (SSSR count). The molecule has 0 aliphatic carbocycles. The van der Waals surface area contributed by atoms with Crippen molar-refractivity contribution < 1.29 is 17.6 Å². The highest BCUT2D eigenvalue weighted by molar-refractivity contribution is 7.90. The third kappa shape index (κ3) is 4.57. The third-order valence-electron chi connectivity index (χ3n) is 5.30. The zero-order chi connectivity index (χ0) is 22.9. The number of rotatable bonds is 6. The average molecular weight is 451 g/mol. The molecule has 4 aromatic rings. The monoisotopic (exact) mass is 450 g/mol. The van der Waals surface area contributed by atoms with E-state index < -0.39 is 15.7 Å². The lowest BCUT2D eigenvalue weighted by Gasteiger charge is -2.08. The predicted molar refractivity (Wildman–Crippen MR) is 124 cm³/mol. The van der Waals surface area contributed by atoms with Crippen LogP contribution in [0.3, 0.4) is 0 Å². The first-order valence-corrected chi connectivity index (χ1v) is 11.8. The molecule has 0 radical (unpaired) electrons. The van der Waals surface area contributed by atoms with Crippen molar-refractivity contribution >= 4 is 32.3 Å². The predicted octanol–water partition coefficient (Wildman–Crippen LogP) is 5.01. The van der Waals surface area contributed by atoms with Crippen molar-refractivity contribution in [1.82, 2.24) is 4.57 Å². The molecule has 164 valence electrons. The highest BCUT2D eigenvalue weighted by Crippen LogP contribution is 2.28. The van der Waals surface area contributed by atoms with Crippen molar-refractivity contribution in [3.05, 3.63) is 95.4 Å². The highest BCUT2D eigenvalue weighted by Gasteiger charge is 2.22. The lowest BCUT2D eigenvalue weighted by atomic mass is 10.2. The molecule has 0 fully saturated rings. The van der Waals surface area contributed by atoms with Gasteiger partial charge in [-0.25, -0.2) is 12.8 Å². The van der Waals surface area contributed by atoms with Crippen LogP contribution in [-0.4, -0.2) is 18.9 Å². The Balaban J connectivity index is 1.63. The Kier molecular flexibility index (Phi) is 5.84. The smallest absolute Gasteiger partial charge is 0.244 e. The van der Waals surface area contributed by atoms with Gasteiger partial charge < -0.3 is 9.88 Å². The zero-order valence-corrected chi connectivity index (χ0v) is 18.6. The van der Waals surface area contributed by atoms with E-state index in [1.54, 1.807) is 54.0 Å². The Morgan fingerprint density at radius 1 is 1.00 bits per heavy atom. The van der Waals surface area contributed by atoms with Gasteiger partial charge in [0, 0.05) is 22.8 Å². The fourth-order valence-corrected chi connectivity index (χ4v) is 5.29. The number of halogens is 1. The van der Waals surface area contributed by atoms with E-state index in [1.165, 1.54) is 12.3 Å². The van der Waals surface area contributed by atoms with Crippen molar-refractivity contribution in [3.8, 4) is 0 Å². The number of anilines is 1. The first kappa shape index (κ1) is 21.8. The number of hydrogen-bond acceptors (Lipinski definition) is 3. The van der Waals surface area contributed by atoms with E-state index in [0.29, 0.717) is 27.7 Å². The van der Waals surface area contributed by atoms with Gasteiger partial charge in [-0.3, -0.25) is 4.79 Å². The number of nitrogens with one attached hydrogen (secondary N) is 1. The van der Waals surface area contributed by atoms with Crippen LogP contribution >= 0.6 is 0 Å². The van der Waals surface area contributed by atoms with Gasteiger partial charge in [0.25, 0.3) is 0 Å². The molecule has 0 aliphatic heterocycles. The van der Waals surface area contributed by atoms with Gasteiger partial charge in [-0.05, 0) is 43.2 Å². The topological polar surface area (TPSA) is 68.2 Å². The molecule has 1 heterocycles. The van der Waals surface area contributed by atoms with E-state index in [-0.39, 0.29) is 23.1 Å². The van der Waals surface area contributed by atoms with Crippen LogP contribution in [0.5, 0.6) is 0 Å². The number of nitrogens with zero attached hydrogens (tertiary/aromatic N) is 1. The molecule has 1 aromatic heterocycles. The van der Waals surface area contributed by atoms with Gasteiger partial charge >= 0.3 is 0 Å². The Bertz CT molecular complexity index is 1420. The minimum atomic E-state index is -3.64. The Labute approximate surface area is 186 Å². The molecule has 0 saturated heterocycles. The molecule has 0 atom stereocenters. The van der Waals surface area contributed by atoms with Crippen molar-refractivity contribution in [1.29, 1.82) is 0 Å². The number of aromatic nitrogens is 1.